The molecule has 0 saturated heterocycles. The molecule has 1 rings (SSSR count). The lowest BCUT2D eigenvalue weighted by Crippen LogP contribution is -2.33. The molecule has 94 valence electrons. The second kappa shape index (κ2) is 7.32. The summed E-state index contributed by atoms with van der Waals surface area (Å²) in [6, 6.07) is 5.10. The predicted molar refractivity (Wildman–Crippen MR) is 67.4 cm³/mol. The summed E-state index contributed by atoms with van der Waals surface area (Å²) in [5.41, 5.74) is 1.21. The van der Waals surface area contributed by atoms with Crippen molar-refractivity contribution in [2.45, 2.75) is 26.4 Å². The molecular formula is C12H19BO4. The Labute approximate surface area is 102 Å². The summed E-state index contributed by atoms with van der Waals surface area (Å²) >= 11 is 0. The van der Waals surface area contributed by atoms with Crippen LogP contribution in [0.25, 0.3) is 0 Å². The number of rotatable bonds is 7. The number of hydrogen-bond acceptors (Lipinski definition) is 4. The predicted octanol–water partition coefficient (Wildman–Crippen LogP) is 0.692. The molecule has 0 radical (unpaired) electrons. The second-order valence-electron chi connectivity index (χ2n) is 3.84. The molecule has 0 unspecified atom stereocenters. The molecule has 0 spiro atoms. The molecule has 0 amide bonds. The fraction of sp³-hybridized carbons (Fsp3) is 0.500. The Morgan fingerprint density at radius 3 is 2.65 bits per heavy atom. The molecule has 0 saturated carbocycles. The molecule has 5 heteroatoms. The molecule has 0 fully saturated rings. The Morgan fingerprint density at radius 2 is 2.06 bits per heavy atom. The van der Waals surface area contributed by atoms with Gasteiger partial charge >= 0.3 is 7.12 Å². The minimum atomic E-state index is -1.48. The van der Waals surface area contributed by atoms with E-state index >= 15 is 0 Å². The minimum absolute atomic E-state index is 0.365. The highest BCUT2D eigenvalue weighted by atomic mass is 16.5. The normalized spacial score (nSPS) is 10.4. The highest BCUT2D eigenvalue weighted by molar-refractivity contribution is 6.59. The Kier molecular flexibility index (Phi) is 6.04. The number of ether oxygens (including phenoxy) is 2. The van der Waals surface area contributed by atoms with Crippen LogP contribution >= 0.6 is 0 Å². The van der Waals surface area contributed by atoms with E-state index in [2.05, 4.69) is 6.92 Å². The summed E-state index contributed by atoms with van der Waals surface area (Å²) in [6.45, 7) is 3.14. The molecule has 1 aromatic carbocycles. The minimum Gasteiger partial charge on any atom is -0.497 e. The van der Waals surface area contributed by atoms with Gasteiger partial charge in [0.1, 0.15) is 5.75 Å². The third-order valence-electron chi connectivity index (χ3n) is 2.53. The molecule has 0 bridgehead atoms. The number of unbranched alkanes of at least 4 members (excludes halogenated alkanes) is 1. The van der Waals surface area contributed by atoms with Crippen LogP contribution in [0.3, 0.4) is 0 Å². The third-order valence-corrected chi connectivity index (χ3v) is 2.53. The van der Waals surface area contributed by atoms with Crippen molar-refractivity contribution in [1.29, 1.82) is 0 Å². The van der Waals surface area contributed by atoms with E-state index in [-0.39, 0.29) is 0 Å². The zero-order chi connectivity index (χ0) is 12.7. The Hall–Kier alpha value is -1.04. The fourth-order valence-corrected chi connectivity index (χ4v) is 1.51. The molecule has 0 aliphatic rings. The van der Waals surface area contributed by atoms with Gasteiger partial charge in [0, 0.05) is 6.61 Å². The third kappa shape index (κ3) is 4.38. The van der Waals surface area contributed by atoms with Crippen LogP contribution in [0.1, 0.15) is 25.3 Å². The van der Waals surface area contributed by atoms with Crippen LogP contribution in [-0.2, 0) is 11.3 Å². The first-order chi connectivity index (χ1) is 8.19. The maximum absolute atomic E-state index is 9.23. The van der Waals surface area contributed by atoms with Crippen LogP contribution in [0.4, 0.5) is 0 Å². The summed E-state index contributed by atoms with van der Waals surface area (Å²) in [5, 5.41) is 18.5. The zero-order valence-electron chi connectivity index (χ0n) is 10.3. The van der Waals surface area contributed by atoms with E-state index in [0.717, 1.165) is 18.4 Å². The molecule has 1 aromatic rings. The van der Waals surface area contributed by atoms with Crippen molar-refractivity contribution in [3.05, 3.63) is 23.8 Å². The van der Waals surface area contributed by atoms with Crippen molar-refractivity contribution >= 4 is 12.6 Å². The van der Waals surface area contributed by atoms with E-state index in [0.29, 0.717) is 24.4 Å². The number of hydrogen-bond donors (Lipinski definition) is 2. The highest BCUT2D eigenvalue weighted by Crippen LogP contribution is 2.12. The summed E-state index contributed by atoms with van der Waals surface area (Å²) in [4.78, 5) is 0. The van der Waals surface area contributed by atoms with Gasteiger partial charge in [0.05, 0.1) is 13.7 Å². The van der Waals surface area contributed by atoms with Crippen molar-refractivity contribution in [3.8, 4) is 5.75 Å². The lowest BCUT2D eigenvalue weighted by atomic mass is 9.77. The molecule has 17 heavy (non-hydrogen) atoms. The summed E-state index contributed by atoms with van der Waals surface area (Å²) in [7, 11) is 0.0946. The van der Waals surface area contributed by atoms with E-state index in [1.807, 2.05) is 0 Å². The largest absolute Gasteiger partial charge is 0.497 e. The average Bonchev–Trinajstić information content (AvgIpc) is 2.34. The smallest absolute Gasteiger partial charge is 0.488 e. The maximum Gasteiger partial charge on any atom is 0.488 e. The van der Waals surface area contributed by atoms with E-state index in [4.69, 9.17) is 9.47 Å². The van der Waals surface area contributed by atoms with Crippen molar-refractivity contribution < 1.29 is 19.5 Å². The van der Waals surface area contributed by atoms with Gasteiger partial charge in [0.25, 0.3) is 0 Å². The summed E-state index contributed by atoms with van der Waals surface area (Å²) in [5.74, 6) is 0.684. The first-order valence-electron chi connectivity index (χ1n) is 5.79. The molecule has 0 heterocycles. The van der Waals surface area contributed by atoms with Crippen molar-refractivity contribution in [2.24, 2.45) is 0 Å². The van der Waals surface area contributed by atoms with Crippen LogP contribution in [0.5, 0.6) is 5.75 Å². The van der Waals surface area contributed by atoms with Crippen LogP contribution in [0.2, 0.25) is 0 Å². The van der Waals surface area contributed by atoms with E-state index < -0.39 is 7.12 Å². The molecule has 0 aliphatic heterocycles. The molecule has 4 nitrogen and oxygen atoms in total. The SMILES string of the molecule is CCCCOCc1cc(OC)ccc1B(O)O. The molecular weight excluding hydrogens is 219 g/mol. The summed E-state index contributed by atoms with van der Waals surface area (Å²) < 4.78 is 10.6. The summed E-state index contributed by atoms with van der Waals surface area (Å²) in [6.07, 6.45) is 2.08. The van der Waals surface area contributed by atoms with Gasteiger partial charge in [-0.1, -0.05) is 19.4 Å². The van der Waals surface area contributed by atoms with Gasteiger partial charge in [0.2, 0.25) is 0 Å². The monoisotopic (exact) mass is 238 g/mol. The quantitative estimate of drug-likeness (QED) is 0.542. The van der Waals surface area contributed by atoms with Gasteiger partial charge in [-0.3, -0.25) is 0 Å². The fourth-order valence-electron chi connectivity index (χ4n) is 1.51. The van der Waals surface area contributed by atoms with Crippen LogP contribution in [0, 0.1) is 0 Å². The van der Waals surface area contributed by atoms with E-state index in [1.165, 1.54) is 0 Å². The first-order valence-corrected chi connectivity index (χ1v) is 5.79. The van der Waals surface area contributed by atoms with Gasteiger partial charge in [0.15, 0.2) is 0 Å². The topological polar surface area (TPSA) is 58.9 Å². The Balaban J connectivity index is 2.71. The molecule has 0 aromatic heterocycles. The van der Waals surface area contributed by atoms with Crippen molar-refractivity contribution in [3.63, 3.8) is 0 Å². The van der Waals surface area contributed by atoms with Gasteiger partial charge in [-0.15, -0.1) is 0 Å². The number of benzene rings is 1. The van der Waals surface area contributed by atoms with Crippen LogP contribution < -0.4 is 10.2 Å². The van der Waals surface area contributed by atoms with Crippen LogP contribution in [0.15, 0.2) is 18.2 Å². The maximum atomic E-state index is 9.23. The van der Waals surface area contributed by atoms with Crippen molar-refractivity contribution in [1.82, 2.24) is 0 Å². The highest BCUT2D eigenvalue weighted by Gasteiger charge is 2.16. The Bertz CT molecular complexity index is 341. The number of methoxy groups -OCH3 is 1. The lowest BCUT2D eigenvalue weighted by molar-refractivity contribution is 0.118. The first kappa shape index (κ1) is 14.0. The van der Waals surface area contributed by atoms with Gasteiger partial charge in [-0.2, -0.15) is 0 Å². The van der Waals surface area contributed by atoms with Gasteiger partial charge < -0.3 is 19.5 Å². The van der Waals surface area contributed by atoms with Gasteiger partial charge in [-0.05, 0) is 29.6 Å². The second-order valence-corrected chi connectivity index (χ2v) is 3.84. The van der Waals surface area contributed by atoms with Crippen molar-refractivity contribution in [2.75, 3.05) is 13.7 Å². The zero-order valence-corrected chi connectivity index (χ0v) is 10.3. The lowest BCUT2D eigenvalue weighted by Gasteiger charge is -2.11. The Morgan fingerprint density at radius 1 is 1.29 bits per heavy atom. The molecule has 0 aliphatic carbocycles. The van der Waals surface area contributed by atoms with E-state index in [9.17, 15) is 10.0 Å². The molecule has 2 N–H and O–H groups in total. The molecule has 0 atom stereocenters. The van der Waals surface area contributed by atoms with E-state index in [1.54, 1.807) is 25.3 Å². The van der Waals surface area contributed by atoms with Gasteiger partial charge in [-0.25, -0.2) is 0 Å². The van der Waals surface area contributed by atoms with Crippen LogP contribution in [-0.4, -0.2) is 30.9 Å². The average molecular weight is 238 g/mol. The standard InChI is InChI=1S/C12H19BO4/c1-3-4-7-17-9-10-8-11(16-2)5-6-12(10)13(14)15/h5-6,8,14-15H,3-4,7,9H2,1-2H3.